The molecule has 19 heavy (non-hydrogen) atoms. The molecule has 0 aliphatic rings. The number of carbonyl (C=O) groups is 1. The normalized spacial score (nSPS) is 10.5. The van der Waals surface area contributed by atoms with Crippen LogP contribution in [0, 0.1) is 0 Å². The smallest absolute Gasteiger partial charge is 0.305 e. The molecule has 0 spiro atoms. The first-order chi connectivity index (χ1) is 8.72. The first kappa shape index (κ1) is 17.7. The molecular formula is C13H20IN3O2. The number of unbranched alkanes of at least 4 members (excludes halogenated alkanes) is 1. The van der Waals surface area contributed by atoms with Crippen molar-refractivity contribution in [3.8, 4) is 0 Å². The Balaban J connectivity index is 0.00000324. The van der Waals surface area contributed by atoms with Gasteiger partial charge in [0.1, 0.15) is 0 Å². The van der Waals surface area contributed by atoms with E-state index in [-0.39, 0.29) is 29.9 Å². The monoisotopic (exact) mass is 377 g/mol. The number of ether oxygens (including phenoxy) is 1. The third-order valence-corrected chi connectivity index (χ3v) is 2.35. The average Bonchev–Trinajstić information content (AvgIpc) is 2.39. The Morgan fingerprint density at radius 3 is 2.63 bits per heavy atom. The van der Waals surface area contributed by atoms with Gasteiger partial charge in [0, 0.05) is 18.7 Å². The second kappa shape index (κ2) is 10.6. The van der Waals surface area contributed by atoms with Crippen LogP contribution in [0.5, 0.6) is 0 Å². The SMILES string of the molecule is COC(=O)CCCCN=C(N)Nc1ccccc1.I. The van der Waals surface area contributed by atoms with E-state index >= 15 is 0 Å². The summed E-state index contributed by atoms with van der Waals surface area (Å²) < 4.78 is 4.55. The maximum absolute atomic E-state index is 10.9. The summed E-state index contributed by atoms with van der Waals surface area (Å²) in [5, 5.41) is 2.99. The van der Waals surface area contributed by atoms with E-state index in [1.807, 2.05) is 30.3 Å². The standard InChI is InChI=1S/C13H19N3O2.HI/c1-18-12(17)9-5-6-10-15-13(14)16-11-7-3-2-4-8-11;/h2-4,7-8H,5-6,9-10H2,1H3,(H3,14,15,16);1H. The lowest BCUT2D eigenvalue weighted by molar-refractivity contribution is -0.140. The molecule has 0 heterocycles. The van der Waals surface area contributed by atoms with Gasteiger partial charge in [-0.05, 0) is 25.0 Å². The van der Waals surface area contributed by atoms with Crippen LogP contribution in [0.3, 0.4) is 0 Å². The van der Waals surface area contributed by atoms with E-state index in [2.05, 4.69) is 15.0 Å². The minimum absolute atomic E-state index is 0. The van der Waals surface area contributed by atoms with Gasteiger partial charge in [-0.1, -0.05) is 18.2 Å². The van der Waals surface area contributed by atoms with Crippen molar-refractivity contribution in [3.63, 3.8) is 0 Å². The molecule has 0 fully saturated rings. The highest BCUT2D eigenvalue weighted by molar-refractivity contribution is 14.0. The number of methoxy groups -OCH3 is 1. The summed E-state index contributed by atoms with van der Waals surface area (Å²) in [5.41, 5.74) is 6.63. The average molecular weight is 377 g/mol. The molecule has 0 aromatic heterocycles. The molecule has 1 aromatic rings. The number of esters is 1. The fourth-order valence-corrected chi connectivity index (χ4v) is 1.39. The van der Waals surface area contributed by atoms with Crippen molar-refractivity contribution in [2.45, 2.75) is 19.3 Å². The molecule has 106 valence electrons. The number of hydrogen-bond donors (Lipinski definition) is 2. The van der Waals surface area contributed by atoms with Crippen LogP contribution in [0.15, 0.2) is 35.3 Å². The molecule has 0 unspecified atom stereocenters. The fourth-order valence-electron chi connectivity index (χ4n) is 1.39. The van der Waals surface area contributed by atoms with Gasteiger partial charge in [0.2, 0.25) is 0 Å². The number of aliphatic imine (C=N–C) groups is 1. The number of nitrogens with zero attached hydrogens (tertiary/aromatic N) is 1. The fraction of sp³-hybridized carbons (Fsp3) is 0.385. The summed E-state index contributed by atoms with van der Waals surface area (Å²) in [6, 6.07) is 9.61. The van der Waals surface area contributed by atoms with Gasteiger partial charge in [-0.3, -0.25) is 9.79 Å². The number of nitrogens with two attached hydrogens (primary N) is 1. The van der Waals surface area contributed by atoms with Crippen LogP contribution in [0.2, 0.25) is 0 Å². The second-order valence-electron chi connectivity index (χ2n) is 3.79. The first-order valence-electron chi connectivity index (χ1n) is 5.91. The van der Waals surface area contributed by atoms with Gasteiger partial charge in [-0.2, -0.15) is 0 Å². The number of rotatable bonds is 6. The Kier molecular flexibility index (Phi) is 9.87. The Bertz CT molecular complexity index is 396. The molecule has 0 aliphatic carbocycles. The highest BCUT2D eigenvalue weighted by Gasteiger charge is 1.98. The van der Waals surface area contributed by atoms with E-state index in [0.717, 1.165) is 18.5 Å². The summed E-state index contributed by atoms with van der Waals surface area (Å²) in [6.45, 7) is 0.600. The van der Waals surface area contributed by atoms with Crippen LogP contribution < -0.4 is 11.1 Å². The van der Waals surface area contributed by atoms with Crippen LogP contribution in [0.1, 0.15) is 19.3 Å². The highest BCUT2D eigenvalue weighted by atomic mass is 127. The lowest BCUT2D eigenvalue weighted by atomic mass is 10.2. The summed E-state index contributed by atoms with van der Waals surface area (Å²) >= 11 is 0. The van der Waals surface area contributed by atoms with Crippen LogP contribution in [-0.4, -0.2) is 25.6 Å². The molecule has 6 heteroatoms. The summed E-state index contributed by atoms with van der Waals surface area (Å²) in [7, 11) is 1.39. The van der Waals surface area contributed by atoms with Gasteiger partial charge in [-0.15, -0.1) is 24.0 Å². The predicted octanol–water partition coefficient (Wildman–Crippen LogP) is 2.37. The number of guanidine groups is 1. The third kappa shape index (κ3) is 8.41. The predicted molar refractivity (Wildman–Crippen MR) is 87.8 cm³/mol. The lowest BCUT2D eigenvalue weighted by Crippen LogP contribution is -2.22. The number of halogens is 1. The zero-order valence-electron chi connectivity index (χ0n) is 11.0. The van der Waals surface area contributed by atoms with Crippen molar-refractivity contribution < 1.29 is 9.53 Å². The topological polar surface area (TPSA) is 76.7 Å². The summed E-state index contributed by atoms with van der Waals surface area (Å²) in [4.78, 5) is 15.0. The molecule has 3 N–H and O–H groups in total. The maximum Gasteiger partial charge on any atom is 0.305 e. The van der Waals surface area contributed by atoms with E-state index in [4.69, 9.17) is 5.73 Å². The van der Waals surface area contributed by atoms with Crippen molar-refractivity contribution in [2.75, 3.05) is 19.0 Å². The molecule has 0 saturated heterocycles. The molecule has 5 nitrogen and oxygen atoms in total. The number of carbonyl (C=O) groups excluding carboxylic acids is 1. The maximum atomic E-state index is 10.9. The van der Waals surface area contributed by atoms with Crippen LogP contribution in [-0.2, 0) is 9.53 Å². The number of para-hydroxylation sites is 1. The van der Waals surface area contributed by atoms with Crippen molar-refractivity contribution in [2.24, 2.45) is 10.7 Å². The van der Waals surface area contributed by atoms with Crippen LogP contribution in [0.4, 0.5) is 5.69 Å². The minimum Gasteiger partial charge on any atom is -0.469 e. The van der Waals surface area contributed by atoms with E-state index < -0.39 is 0 Å². The zero-order valence-corrected chi connectivity index (χ0v) is 13.3. The third-order valence-electron chi connectivity index (χ3n) is 2.35. The number of nitrogens with one attached hydrogen (secondary N) is 1. The van der Waals surface area contributed by atoms with Gasteiger partial charge in [0.05, 0.1) is 7.11 Å². The summed E-state index contributed by atoms with van der Waals surface area (Å²) in [5.74, 6) is 0.202. The minimum atomic E-state index is -0.186. The Morgan fingerprint density at radius 1 is 1.32 bits per heavy atom. The van der Waals surface area contributed by atoms with E-state index in [1.165, 1.54) is 7.11 Å². The summed E-state index contributed by atoms with van der Waals surface area (Å²) in [6.07, 6.45) is 2.00. The van der Waals surface area contributed by atoms with Crippen molar-refractivity contribution in [3.05, 3.63) is 30.3 Å². The van der Waals surface area contributed by atoms with Crippen molar-refractivity contribution in [1.82, 2.24) is 0 Å². The Morgan fingerprint density at radius 2 is 2.00 bits per heavy atom. The van der Waals surface area contributed by atoms with Crippen LogP contribution >= 0.6 is 24.0 Å². The largest absolute Gasteiger partial charge is 0.469 e. The van der Waals surface area contributed by atoms with Gasteiger partial charge in [0.15, 0.2) is 5.96 Å². The molecular weight excluding hydrogens is 357 g/mol. The second-order valence-corrected chi connectivity index (χ2v) is 3.79. The molecule has 0 bridgehead atoms. The molecule has 0 radical (unpaired) electrons. The highest BCUT2D eigenvalue weighted by Crippen LogP contribution is 2.04. The van der Waals surface area contributed by atoms with E-state index in [9.17, 15) is 4.79 Å². The zero-order chi connectivity index (χ0) is 13.2. The van der Waals surface area contributed by atoms with Crippen molar-refractivity contribution in [1.29, 1.82) is 0 Å². The number of benzene rings is 1. The van der Waals surface area contributed by atoms with Gasteiger partial charge in [-0.25, -0.2) is 0 Å². The molecule has 0 amide bonds. The number of hydrogen-bond acceptors (Lipinski definition) is 3. The number of anilines is 1. The molecule has 0 saturated carbocycles. The van der Waals surface area contributed by atoms with E-state index in [1.54, 1.807) is 0 Å². The lowest BCUT2D eigenvalue weighted by Gasteiger charge is -2.04. The Hall–Kier alpha value is -1.31. The Labute approximate surface area is 130 Å². The van der Waals surface area contributed by atoms with Crippen LogP contribution in [0.25, 0.3) is 0 Å². The molecule has 0 aliphatic heterocycles. The van der Waals surface area contributed by atoms with Gasteiger partial charge in [0.25, 0.3) is 0 Å². The van der Waals surface area contributed by atoms with E-state index in [0.29, 0.717) is 18.9 Å². The molecule has 1 aromatic carbocycles. The quantitative estimate of drug-likeness (QED) is 0.262. The van der Waals surface area contributed by atoms with Gasteiger partial charge >= 0.3 is 5.97 Å². The van der Waals surface area contributed by atoms with Gasteiger partial charge < -0.3 is 15.8 Å². The molecule has 0 atom stereocenters. The van der Waals surface area contributed by atoms with Crippen molar-refractivity contribution >= 4 is 41.6 Å². The molecule has 1 rings (SSSR count). The first-order valence-corrected chi connectivity index (χ1v) is 5.91.